The molecule has 0 spiro atoms. The van der Waals surface area contributed by atoms with Gasteiger partial charge in [0, 0.05) is 23.7 Å². The maximum atomic E-state index is 13.1. The number of benzene rings is 1. The van der Waals surface area contributed by atoms with Crippen molar-refractivity contribution in [3.63, 3.8) is 0 Å². The largest absolute Gasteiger partial charge is 0.378 e. The number of morpholine rings is 1. The van der Waals surface area contributed by atoms with Gasteiger partial charge in [0.05, 0.1) is 31.5 Å². The molecular formula is C20H21N3O2S. The first kappa shape index (κ1) is 16.0. The van der Waals surface area contributed by atoms with E-state index in [0.29, 0.717) is 6.54 Å². The van der Waals surface area contributed by atoms with Crippen LogP contribution >= 0.6 is 11.3 Å². The fraction of sp³-hybridized carbons (Fsp3) is 0.400. The quantitative estimate of drug-likeness (QED) is 0.714. The minimum atomic E-state index is 0.103. The molecule has 26 heavy (non-hydrogen) atoms. The number of hydrogen-bond acceptors (Lipinski definition) is 5. The van der Waals surface area contributed by atoms with Crippen molar-refractivity contribution in [1.29, 1.82) is 0 Å². The summed E-state index contributed by atoms with van der Waals surface area (Å²) in [5.74, 6) is 0. The number of aromatic nitrogens is 2. The zero-order chi connectivity index (χ0) is 17.5. The van der Waals surface area contributed by atoms with Gasteiger partial charge in [0.1, 0.15) is 4.83 Å². The van der Waals surface area contributed by atoms with Crippen molar-refractivity contribution in [2.75, 3.05) is 31.2 Å². The first-order chi connectivity index (χ1) is 12.8. The van der Waals surface area contributed by atoms with Crippen LogP contribution < -0.4 is 10.5 Å². The number of aryl methyl sites for hydroxylation is 2. The summed E-state index contributed by atoms with van der Waals surface area (Å²) in [6, 6.07) is 8.35. The van der Waals surface area contributed by atoms with Crippen molar-refractivity contribution in [1.82, 2.24) is 9.55 Å². The topological polar surface area (TPSA) is 47.4 Å². The molecule has 1 aromatic carbocycles. The molecule has 0 amide bonds. The van der Waals surface area contributed by atoms with Gasteiger partial charge in [-0.3, -0.25) is 9.36 Å². The highest BCUT2D eigenvalue weighted by molar-refractivity contribution is 7.18. The molecule has 3 heterocycles. The fourth-order valence-electron chi connectivity index (χ4n) is 4.07. The van der Waals surface area contributed by atoms with E-state index in [1.54, 1.807) is 22.2 Å². The monoisotopic (exact) mass is 367 g/mol. The lowest BCUT2D eigenvalue weighted by atomic mass is 10.1. The van der Waals surface area contributed by atoms with Gasteiger partial charge >= 0.3 is 0 Å². The number of ether oxygens (including phenoxy) is 1. The fourth-order valence-corrected chi connectivity index (χ4v) is 5.29. The van der Waals surface area contributed by atoms with E-state index in [1.807, 2.05) is 6.07 Å². The Morgan fingerprint density at radius 2 is 2.00 bits per heavy atom. The van der Waals surface area contributed by atoms with Crippen LogP contribution in [-0.2, 0) is 24.1 Å². The Labute approximate surface area is 155 Å². The Kier molecular flexibility index (Phi) is 4.02. The summed E-state index contributed by atoms with van der Waals surface area (Å²) in [6.07, 6.45) is 4.98. The van der Waals surface area contributed by atoms with Crippen molar-refractivity contribution < 1.29 is 4.74 Å². The van der Waals surface area contributed by atoms with Crippen LogP contribution in [-0.4, -0.2) is 35.9 Å². The van der Waals surface area contributed by atoms with Gasteiger partial charge in [-0.1, -0.05) is 18.2 Å². The van der Waals surface area contributed by atoms with Crippen LogP contribution in [0, 0.1) is 0 Å². The molecule has 1 saturated heterocycles. The van der Waals surface area contributed by atoms with E-state index in [2.05, 4.69) is 28.1 Å². The maximum absolute atomic E-state index is 13.1. The molecule has 2 aromatic heterocycles. The normalized spacial score (nSPS) is 17.0. The van der Waals surface area contributed by atoms with Gasteiger partial charge in [-0.05, 0) is 36.5 Å². The van der Waals surface area contributed by atoms with Gasteiger partial charge in [-0.25, -0.2) is 4.98 Å². The highest BCUT2D eigenvalue weighted by Crippen LogP contribution is 2.34. The predicted octanol–water partition coefficient (Wildman–Crippen LogP) is 2.83. The Hall–Kier alpha value is -2.18. The number of fused-ring (bicyclic) bond motifs is 3. The Balaban J connectivity index is 1.54. The third-order valence-corrected chi connectivity index (χ3v) is 6.58. The number of para-hydroxylation sites is 1. The molecule has 6 heteroatoms. The van der Waals surface area contributed by atoms with Crippen LogP contribution in [0.25, 0.3) is 10.2 Å². The number of thiophene rings is 1. The highest BCUT2D eigenvalue weighted by Gasteiger charge is 2.22. The third kappa shape index (κ3) is 2.64. The minimum absolute atomic E-state index is 0.103. The second kappa shape index (κ2) is 6.52. The SMILES string of the molecule is O=c1c2c3c(sc2ncn1Cc1ccccc1N1CCOCC1)CCC3. The summed E-state index contributed by atoms with van der Waals surface area (Å²) in [7, 11) is 0. The van der Waals surface area contributed by atoms with Crippen molar-refractivity contribution in [3.8, 4) is 0 Å². The van der Waals surface area contributed by atoms with Crippen LogP contribution in [0.4, 0.5) is 5.69 Å². The maximum Gasteiger partial charge on any atom is 0.262 e. The second-order valence-corrected chi connectivity index (χ2v) is 8.03. The van der Waals surface area contributed by atoms with Gasteiger partial charge in [-0.15, -0.1) is 11.3 Å². The lowest BCUT2D eigenvalue weighted by molar-refractivity contribution is 0.122. The van der Waals surface area contributed by atoms with Crippen LogP contribution in [0.5, 0.6) is 0 Å². The van der Waals surface area contributed by atoms with Crippen LogP contribution in [0.15, 0.2) is 35.4 Å². The summed E-state index contributed by atoms with van der Waals surface area (Å²) in [5, 5.41) is 0.855. The molecule has 5 rings (SSSR count). The van der Waals surface area contributed by atoms with E-state index in [9.17, 15) is 4.79 Å². The summed E-state index contributed by atoms with van der Waals surface area (Å²) in [4.78, 5) is 22.3. The Bertz CT molecular complexity index is 1020. The standard InChI is InChI=1S/C20H21N3O2S/c24-20-18-15-5-3-7-17(15)26-19(18)21-13-23(20)12-14-4-1-2-6-16(14)22-8-10-25-11-9-22/h1-2,4,6,13H,3,5,7-12H2. The molecule has 134 valence electrons. The number of anilines is 1. The lowest BCUT2D eigenvalue weighted by Gasteiger charge is -2.30. The summed E-state index contributed by atoms with van der Waals surface area (Å²) >= 11 is 1.69. The number of hydrogen-bond donors (Lipinski definition) is 0. The highest BCUT2D eigenvalue weighted by atomic mass is 32.1. The van der Waals surface area contributed by atoms with Gasteiger partial charge in [0.2, 0.25) is 0 Å². The minimum Gasteiger partial charge on any atom is -0.378 e. The van der Waals surface area contributed by atoms with Crippen LogP contribution in [0.1, 0.15) is 22.4 Å². The van der Waals surface area contributed by atoms with E-state index in [-0.39, 0.29) is 5.56 Å². The molecule has 1 fully saturated rings. The number of rotatable bonds is 3. The van der Waals surface area contributed by atoms with Crippen LogP contribution in [0.2, 0.25) is 0 Å². The Morgan fingerprint density at radius 1 is 1.15 bits per heavy atom. The molecule has 5 nitrogen and oxygen atoms in total. The zero-order valence-electron chi connectivity index (χ0n) is 14.6. The smallest absolute Gasteiger partial charge is 0.262 e. The van der Waals surface area contributed by atoms with E-state index in [4.69, 9.17) is 4.74 Å². The summed E-state index contributed by atoms with van der Waals surface area (Å²) < 4.78 is 7.25. The molecular weight excluding hydrogens is 346 g/mol. The second-order valence-electron chi connectivity index (χ2n) is 6.94. The molecule has 0 saturated carbocycles. The van der Waals surface area contributed by atoms with Gasteiger partial charge < -0.3 is 9.64 Å². The first-order valence-corrected chi connectivity index (χ1v) is 10.0. The third-order valence-electron chi connectivity index (χ3n) is 5.38. The van der Waals surface area contributed by atoms with E-state index in [1.165, 1.54) is 16.1 Å². The van der Waals surface area contributed by atoms with Gasteiger partial charge in [-0.2, -0.15) is 0 Å². The van der Waals surface area contributed by atoms with E-state index < -0.39 is 0 Å². The molecule has 0 radical (unpaired) electrons. The molecule has 1 aliphatic heterocycles. The summed E-state index contributed by atoms with van der Waals surface area (Å²) in [5.41, 5.74) is 3.70. The Morgan fingerprint density at radius 3 is 2.88 bits per heavy atom. The molecule has 0 unspecified atom stereocenters. The van der Waals surface area contributed by atoms with Gasteiger partial charge in [0.25, 0.3) is 5.56 Å². The van der Waals surface area contributed by atoms with Crippen molar-refractivity contribution in [2.45, 2.75) is 25.8 Å². The average molecular weight is 367 g/mol. The van der Waals surface area contributed by atoms with E-state index in [0.717, 1.165) is 61.3 Å². The van der Waals surface area contributed by atoms with E-state index >= 15 is 0 Å². The molecule has 0 N–H and O–H groups in total. The molecule has 0 atom stereocenters. The molecule has 0 bridgehead atoms. The summed E-state index contributed by atoms with van der Waals surface area (Å²) in [6.45, 7) is 3.84. The van der Waals surface area contributed by atoms with Crippen molar-refractivity contribution in [3.05, 3.63) is 57.0 Å². The molecule has 1 aliphatic carbocycles. The predicted molar refractivity (Wildman–Crippen MR) is 104 cm³/mol. The molecule has 2 aliphatic rings. The van der Waals surface area contributed by atoms with Crippen LogP contribution in [0.3, 0.4) is 0 Å². The van der Waals surface area contributed by atoms with Gasteiger partial charge in [0.15, 0.2) is 0 Å². The number of nitrogens with zero attached hydrogens (tertiary/aromatic N) is 3. The van der Waals surface area contributed by atoms with Crippen molar-refractivity contribution in [2.24, 2.45) is 0 Å². The van der Waals surface area contributed by atoms with Crippen molar-refractivity contribution >= 4 is 27.2 Å². The lowest BCUT2D eigenvalue weighted by Crippen LogP contribution is -2.37. The molecule has 3 aromatic rings. The average Bonchev–Trinajstić information content (AvgIpc) is 3.26. The zero-order valence-corrected chi connectivity index (χ0v) is 15.4. The first-order valence-electron chi connectivity index (χ1n) is 9.21.